The number of pyridine rings is 1. The molecule has 2 amide bonds. The molecule has 2 aromatic heterocycles. The molecule has 5 rings (SSSR count). The highest BCUT2D eigenvalue weighted by atomic mass is 19.4. The third-order valence-electron chi connectivity index (χ3n) is 6.05. The Labute approximate surface area is 214 Å². The number of halogens is 3. The molecule has 13 heteroatoms. The summed E-state index contributed by atoms with van der Waals surface area (Å²) >= 11 is 0. The average molecular weight is 522 g/mol. The van der Waals surface area contributed by atoms with E-state index in [0.29, 0.717) is 29.3 Å². The van der Waals surface area contributed by atoms with E-state index in [1.807, 2.05) is 6.07 Å². The Morgan fingerprint density at radius 2 is 1.95 bits per heavy atom. The molecule has 1 saturated heterocycles. The molecule has 38 heavy (non-hydrogen) atoms. The molecule has 0 radical (unpaired) electrons. The second-order valence-electron chi connectivity index (χ2n) is 8.51. The lowest BCUT2D eigenvalue weighted by molar-refractivity contribution is -0.137. The van der Waals surface area contributed by atoms with Gasteiger partial charge in [0, 0.05) is 24.8 Å². The molecule has 1 aliphatic rings. The topological polar surface area (TPSA) is 129 Å². The maximum atomic E-state index is 13.4. The number of anilines is 2. The minimum atomic E-state index is -4.60. The quantitative estimate of drug-likeness (QED) is 0.339. The van der Waals surface area contributed by atoms with E-state index in [2.05, 4.69) is 36.2 Å². The zero-order valence-electron chi connectivity index (χ0n) is 19.7. The van der Waals surface area contributed by atoms with Crippen LogP contribution in [0.5, 0.6) is 0 Å². The molecule has 4 aromatic rings. The highest BCUT2D eigenvalue weighted by Gasteiger charge is 2.40. The van der Waals surface area contributed by atoms with E-state index >= 15 is 0 Å². The normalized spacial score (nSPS) is 15.5. The van der Waals surface area contributed by atoms with Gasteiger partial charge in [-0.05, 0) is 53.6 Å². The van der Waals surface area contributed by atoms with Crippen molar-refractivity contribution in [2.75, 3.05) is 16.8 Å². The molecule has 2 aromatic carbocycles. The van der Waals surface area contributed by atoms with Gasteiger partial charge in [0.1, 0.15) is 11.9 Å². The van der Waals surface area contributed by atoms with Gasteiger partial charge in [0.25, 0.3) is 5.91 Å². The summed E-state index contributed by atoms with van der Waals surface area (Å²) in [4.78, 5) is 31.2. The van der Waals surface area contributed by atoms with Gasteiger partial charge in [-0.3, -0.25) is 9.59 Å². The van der Waals surface area contributed by atoms with E-state index in [4.69, 9.17) is 0 Å². The van der Waals surface area contributed by atoms with Gasteiger partial charge in [-0.2, -0.15) is 18.4 Å². The average Bonchev–Trinajstić information content (AvgIpc) is 3.58. The van der Waals surface area contributed by atoms with Gasteiger partial charge in [-0.25, -0.2) is 4.98 Å². The van der Waals surface area contributed by atoms with Gasteiger partial charge >= 0.3 is 6.18 Å². The molecule has 10 nitrogen and oxygen atoms in total. The van der Waals surface area contributed by atoms with Crippen molar-refractivity contribution >= 4 is 23.3 Å². The predicted molar refractivity (Wildman–Crippen MR) is 131 cm³/mol. The maximum Gasteiger partial charge on any atom is 0.418 e. The molecule has 194 valence electrons. The monoisotopic (exact) mass is 522 g/mol. The van der Waals surface area contributed by atoms with E-state index in [1.165, 1.54) is 18.2 Å². The lowest BCUT2D eigenvalue weighted by Crippen LogP contribution is -2.42. The van der Waals surface area contributed by atoms with Crippen LogP contribution in [0, 0.1) is 0 Å². The van der Waals surface area contributed by atoms with Crippen LogP contribution in [0.3, 0.4) is 0 Å². The van der Waals surface area contributed by atoms with Gasteiger partial charge in [0.05, 0.1) is 16.8 Å². The number of H-pyrrole nitrogens is 1. The van der Waals surface area contributed by atoms with Crippen LogP contribution in [0.1, 0.15) is 27.9 Å². The van der Waals surface area contributed by atoms with E-state index in [1.54, 1.807) is 36.5 Å². The van der Waals surface area contributed by atoms with Crippen molar-refractivity contribution in [3.63, 3.8) is 0 Å². The number of alkyl halides is 3. The number of aromatic amines is 1. The minimum absolute atomic E-state index is 0.0631. The molecule has 1 aliphatic heterocycles. The second kappa shape index (κ2) is 10.3. The predicted octanol–water partition coefficient (Wildman–Crippen LogP) is 3.43. The summed E-state index contributed by atoms with van der Waals surface area (Å²) in [5.74, 6) is -0.181. The Bertz CT molecular complexity index is 1460. The number of nitrogens with zero attached hydrogens (tertiary/aromatic N) is 5. The third kappa shape index (κ3) is 5.16. The molecule has 0 saturated carbocycles. The summed E-state index contributed by atoms with van der Waals surface area (Å²) < 4.78 is 40.3. The van der Waals surface area contributed by atoms with Crippen LogP contribution in [0.4, 0.5) is 24.7 Å². The van der Waals surface area contributed by atoms with Crippen LogP contribution in [0.15, 0.2) is 66.9 Å². The van der Waals surface area contributed by atoms with E-state index in [9.17, 15) is 22.8 Å². The SMILES string of the molecule is O=C(NC1CCN(c2ccccc2C(F)(F)F)C1=O)c1cccc(CNc2ncccc2-c2nn[nH]n2)c1. The molecule has 1 atom stereocenters. The molecule has 0 bridgehead atoms. The standard InChI is InChI=1S/C25H21F3N8O2/c26-25(27,28)18-8-1-2-9-20(18)36-12-10-19(24(36)38)31-23(37)16-6-3-5-15(13-16)14-30-21-17(7-4-11-29-21)22-32-34-35-33-22/h1-9,11,13,19H,10,12,14H2,(H,29,30)(H,31,37)(H,32,33,34,35). The summed E-state index contributed by atoms with van der Waals surface area (Å²) in [5, 5.41) is 19.7. The van der Waals surface area contributed by atoms with Crippen molar-refractivity contribution in [1.29, 1.82) is 0 Å². The smallest absolute Gasteiger partial charge is 0.365 e. The Balaban J connectivity index is 1.25. The molecule has 3 heterocycles. The lowest BCUT2D eigenvalue weighted by Gasteiger charge is -2.21. The highest BCUT2D eigenvalue weighted by Crippen LogP contribution is 2.37. The van der Waals surface area contributed by atoms with Crippen LogP contribution in [0.2, 0.25) is 0 Å². The number of para-hydroxylation sites is 1. The molecular weight excluding hydrogens is 501 g/mol. The Morgan fingerprint density at radius 3 is 2.74 bits per heavy atom. The summed E-state index contributed by atoms with van der Waals surface area (Å²) in [7, 11) is 0. The van der Waals surface area contributed by atoms with Gasteiger partial charge in [-0.15, -0.1) is 10.2 Å². The Hall–Kier alpha value is -4.81. The number of carbonyl (C=O) groups excluding carboxylic acids is 2. The first kappa shape index (κ1) is 24.9. The van der Waals surface area contributed by atoms with Crippen LogP contribution in [0.25, 0.3) is 11.4 Å². The largest absolute Gasteiger partial charge is 0.418 e. The molecule has 0 aliphatic carbocycles. The van der Waals surface area contributed by atoms with Crippen molar-refractivity contribution in [2.45, 2.75) is 25.2 Å². The Kier molecular flexibility index (Phi) is 6.73. The summed E-state index contributed by atoms with van der Waals surface area (Å²) in [5.41, 5.74) is 0.610. The summed E-state index contributed by atoms with van der Waals surface area (Å²) in [6, 6.07) is 14.3. The minimum Gasteiger partial charge on any atom is -0.365 e. The van der Waals surface area contributed by atoms with Crippen LogP contribution in [-0.2, 0) is 17.5 Å². The van der Waals surface area contributed by atoms with Crippen LogP contribution in [-0.4, -0.2) is 50.0 Å². The molecular formula is C25H21F3N8O2. The third-order valence-corrected chi connectivity index (χ3v) is 6.05. The highest BCUT2D eigenvalue weighted by molar-refractivity contribution is 6.04. The number of aromatic nitrogens is 5. The fourth-order valence-electron chi connectivity index (χ4n) is 4.25. The second-order valence-corrected chi connectivity index (χ2v) is 8.51. The van der Waals surface area contributed by atoms with Crippen molar-refractivity contribution in [3.8, 4) is 11.4 Å². The molecule has 1 unspecified atom stereocenters. The van der Waals surface area contributed by atoms with Crippen molar-refractivity contribution in [2.24, 2.45) is 0 Å². The number of hydrogen-bond acceptors (Lipinski definition) is 7. The first-order chi connectivity index (χ1) is 18.3. The Morgan fingerprint density at radius 1 is 1.11 bits per heavy atom. The van der Waals surface area contributed by atoms with Gasteiger partial charge in [0.15, 0.2) is 0 Å². The molecule has 3 N–H and O–H groups in total. The van der Waals surface area contributed by atoms with Crippen molar-refractivity contribution < 1.29 is 22.8 Å². The zero-order valence-corrected chi connectivity index (χ0v) is 19.7. The van der Waals surface area contributed by atoms with Crippen molar-refractivity contribution in [3.05, 3.63) is 83.6 Å². The fraction of sp³-hybridized carbons (Fsp3) is 0.200. The number of benzene rings is 2. The van der Waals surface area contributed by atoms with E-state index in [-0.39, 0.29) is 18.7 Å². The summed E-state index contributed by atoms with van der Waals surface area (Å²) in [6.07, 6.45) is -2.80. The fourth-order valence-corrected chi connectivity index (χ4v) is 4.25. The number of nitrogens with one attached hydrogen (secondary N) is 3. The van der Waals surface area contributed by atoms with E-state index in [0.717, 1.165) is 16.5 Å². The first-order valence-electron chi connectivity index (χ1n) is 11.6. The zero-order chi connectivity index (χ0) is 26.7. The number of carbonyl (C=O) groups is 2. The number of rotatable bonds is 7. The van der Waals surface area contributed by atoms with Crippen molar-refractivity contribution in [1.82, 2.24) is 30.9 Å². The van der Waals surface area contributed by atoms with Gasteiger partial charge in [-0.1, -0.05) is 24.3 Å². The summed E-state index contributed by atoms with van der Waals surface area (Å²) in [6.45, 7) is 0.390. The van der Waals surface area contributed by atoms with E-state index < -0.39 is 29.6 Å². The van der Waals surface area contributed by atoms with Gasteiger partial charge < -0.3 is 15.5 Å². The number of amides is 2. The maximum absolute atomic E-state index is 13.4. The number of tetrazole rings is 1. The van der Waals surface area contributed by atoms with Gasteiger partial charge in [0.2, 0.25) is 11.7 Å². The first-order valence-corrected chi connectivity index (χ1v) is 11.6. The lowest BCUT2D eigenvalue weighted by atomic mass is 10.1. The van der Waals surface area contributed by atoms with Crippen LogP contribution < -0.4 is 15.5 Å². The van der Waals surface area contributed by atoms with Crippen LogP contribution >= 0.6 is 0 Å². The molecule has 1 fully saturated rings. The number of hydrogen-bond donors (Lipinski definition) is 3. The molecule has 0 spiro atoms.